The van der Waals surface area contributed by atoms with Gasteiger partial charge in [0.05, 0.1) is 6.54 Å². The number of hydrogen-bond donors (Lipinski definition) is 1. The predicted molar refractivity (Wildman–Crippen MR) is 76.7 cm³/mol. The SMILES string of the molecule is CCCOCCCNCc1ccc(CN=[N+]=[N-])cc1. The molecule has 5 heteroatoms. The van der Waals surface area contributed by atoms with Gasteiger partial charge in [0.15, 0.2) is 0 Å². The molecule has 0 radical (unpaired) electrons. The number of rotatable bonds is 10. The Morgan fingerprint density at radius 2 is 1.95 bits per heavy atom. The molecule has 5 nitrogen and oxygen atoms in total. The fraction of sp³-hybridized carbons (Fsp3) is 0.571. The smallest absolute Gasteiger partial charge is 0.0510 e. The average Bonchev–Trinajstić information content (AvgIpc) is 2.45. The lowest BCUT2D eigenvalue weighted by Crippen LogP contribution is -2.16. The molecule has 0 aliphatic rings. The van der Waals surface area contributed by atoms with Crippen LogP contribution in [-0.2, 0) is 17.8 Å². The van der Waals surface area contributed by atoms with Crippen LogP contribution < -0.4 is 5.32 Å². The van der Waals surface area contributed by atoms with Gasteiger partial charge in [0, 0.05) is 24.7 Å². The first-order valence-electron chi connectivity index (χ1n) is 6.74. The Hall–Kier alpha value is -1.55. The van der Waals surface area contributed by atoms with E-state index in [0.717, 1.165) is 44.7 Å². The second-order valence-corrected chi connectivity index (χ2v) is 4.35. The Morgan fingerprint density at radius 1 is 1.21 bits per heavy atom. The third kappa shape index (κ3) is 7.47. The van der Waals surface area contributed by atoms with Crippen molar-refractivity contribution in [2.45, 2.75) is 32.9 Å². The van der Waals surface area contributed by atoms with Gasteiger partial charge in [-0.05, 0) is 36.0 Å². The third-order valence-electron chi connectivity index (χ3n) is 2.66. The van der Waals surface area contributed by atoms with Crippen molar-refractivity contribution < 1.29 is 4.74 Å². The van der Waals surface area contributed by atoms with Crippen molar-refractivity contribution in [2.24, 2.45) is 5.11 Å². The highest BCUT2D eigenvalue weighted by Crippen LogP contribution is 2.05. The van der Waals surface area contributed by atoms with Crippen LogP contribution in [0.1, 0.15) is 30.9 Å². The zero-order valence-corrected chi connectivity index (χ0v) is 11.5. The summed E-state index contributed by atoms with van der Waals surface area (Å²) in [6.07, 6.45) is 2.12. The molecule has 0 amide bonds. The molecule has 0 bridgehead atoms. The van der Waals surface area contributed by atoms with Gasteiger partial charge < -0.3 is 10.1 Å². The maximum Gasteiger partial charge on any atom is 0.0510 e. The molecular formula is C14H22N4O. The highest BCUT2D eigenvalue weighted by Gasteiger charge is 1.94. The molecule has 0 heterocycles. The number of nitrogens with one attached hydrogen (secondary N) is 1. The van der Waals surface area contributed by atoms with Crippen LogP contribution in [0.25, 0.3) is 10.4 Å². The van der Waals surface area contributed by atoms with Crippen molar-refractivity contribution in [1.29, 1.82) is 0 Å². The first-order valence-corrected chi connectivity index (χ1v) is 6.74. The summed E-state index contributed by atoms with van der Waals surface area (Å²) >= 11 is 0. The minimum atomic E-state index is 0.416. The van der Waals surface area contributed by atoms with Gasteiger partial charge in [-0.25, -0.2) is 0 Å². The topological polar surface area (TPSA) is 70.0 Å². The minimum absolute atomic E-state index is 0.416. The van der Waals surface area contributed by atoms with Gasteiger partial charge in [-0.3, -0.25) is 0 Å². The lowest BCUT2D eigenvalue weighted by molar-refractivity contribution is 0.132. The molecule has 0 atom stereocenters. The van der Waals surface area contributed by atoms with E-state index in [-0.39, 0.29) is 0 Å². The molecule has 1 aromatic rings. The van der Waals surface area contributed by atoms with E-state index in [1.165, 1.54) is 5.56 Å². The summed E-state index contributed by atoms with van der Waals surface area (Å²) in [5, 5.41) is 6.91. The van der Waals surface area contributed by atoms with Gasteiger partial charge in [-0.15, -0.1) is 0 Å². The van der Waals surface area contributed by atoms with Crippen LogP contribution in [0.3, 0.4) is 0 Å². The highest BCUT2D eigenvalue weighted by molar-refractivity contribution is 5.22. The second-order valence-electron chi connectivity index (χ2n) is 4.35. The molecule has 0 fully saturated rings. The molecule has 0 unspecified atom stereocenters. The van der Waals surface area contributed by atoms with E-state index >= 15 is 0 Å². The molecule has 0 aromatic heterocycles. The van der Waals surface area contributed by atoms with Crippen molar-refractivity contribution in [1.82, 2.24) is 5.32 Å². The van der Waals surface area contributed by atoms with Crippen molar-refractivity contribution in [2.75, 3.05) is 19.8 Å². The van der Waals surface area contributed by atoms with Gasteiger partial charge in [-0.2, -0.15) is 0 Å². The zero-order chi connectivity index (χ0) is 13.8. The van der Waals surface area contributed by atoms with Gasteiger partial charge in [-0.1, -0.05) is 36.3 Å². The number of benzene rings is 1. The fourth-order valence-corrected chi connectivity index (χ4v) is 1.65. The van der Waals surface area contributed by atoms with Gasteiger partial charge in [0.2, 0.25) is 0 Å². The Balaban J connectivity index is 2.14. The molecule has 19 heavy (non-hydrogen) atoms. The predicted octanol–water partition coefficient (Wildman–Crippen LogP) is 3.40. The number of nitrogens with zero attached hydrogens (tertiary/aromatic N) is 3. The summed E-state index contributed by atoms with van der Waals surface area (Å²) in [5.41, 5.74) is 10.5. The summed E-state index contributed by atoms with van der Waals surface area (Å²) in [6, 6.07) is 8.11. The molecule has 0 saturated heterocycles. The Kier molecular flexibility index (Phi) is 8.47. The van der Waals surface area contributed by atoms with E-state index in [1.807, 2.05) is 12.1 Å². The maximum absolute atomic E-state index is 8.24. The normalized spacial score (nSPS) is 10.2. The van der Waals surface area contributed by atoms with E-state index in [4.69, 9.17) is 10.3 Å². The van der Waals surface area contributed by atoms with E-state index in [0.29, 0.717) is 6.54 Å². The number of ether oxygens (including phenoxy) is 1. The monoisotopic (exact) mass is 262 g/mol. The Morgan fingerprint density at radius 3 is 2.63 bits per heavy atom. The third-order valence-corrected chi connectivity index (χ3v) is 2.66. The molecule has 0 spiro atoms. The van der Waals surface area contributed by atoms with Crippen molar-refractivity contribution in [3.8, 4) is 0 Å². The van der Waals surface area contributed by atoms with Crippen LogP contribution >= 0.6 is 0 Å². The lowest BCUT2D eigenvalue weighted by Gasteiger charge is -2.06. The Bertz CT molecular complexity index is 385. The largest absolute Gasteiger partial charge is 0.381 e. The van der Waals surface area contributed by atoms with Crippen molar-refractivity contribution in [3.63, 3.8) is 0 Å². The summed E-state index contributed by atoms with van der Waals surface area (Å²) in [5.74, 6) is 0. The van der Waals surface area contributed by atoms with Crippen LogP contribution in [0.5, 0.6) is 0 Å². The summed E-state index contributed by atoms with van der Waals surface area (Å²) in [6.45, 7) is 6.03. The van der Waals surface area contributed by atoms with E-state index in [1.54, 1.807) is 0 Å². The standard InChI is InChI=1S/C14H22N4O/c1-2-9-19-10-3-8-16-11-13-4-6-14(7-5-13)12-17-18-15/h4-7,16H,2-3,8-12H2,1H3. The van der Waals surface area contributed by atoms with Gasteiger partial charge >= 0.3 is 0 Å². The highest BCUT2D eigenvalue weighted by atomic mass is 16.5. The lowest BCUT2D eigenvalue weighted by atomic mass is 10.1. The molecule has 1 aromatic carbocycles. The quantitative estimate of drug-likeness (QED) is 0.304. The zero-order valence-electron chi connectivity index (χ0n) is 11.5. The first-order chi connectivity index (χ1) is 9.36. The summed E-state index contributed by atoms with van der Waals surface area (Å²) in [7, 11) is 0. The van der Waals surface area contributed by atoms with E-state index in [2.05, 4.69) is 34.4 Å². The molecule has 1 N–H and O–H groups in total. The van der Waals surface area contributed by atoms with Gasteiger partial charge in [0.25, 0.3) is 0 Å². The van der Waals surface area contributed by atoms with Gasteiger partial charge in [0.1, 0.15) is 0 Å². The molecule has 104 valence electrons. The van der Waals surface area contributed by atoms with Crippen LogP contribution in [-0.4, -0.2) is 19.8 Å². The van der Waals surface area contributed by atoms with Crippen molar-refractivity contribution >= 4 is 0 Å². The average molecular weight is 262 g/mol. The first kappa shape index (κ1) is 15.5. The number of hydrogen-bond acceptors (Lipinski definition) is 3. The van der Waals surface area contributed by atoms with E-state index in [9.17, 15) is 0 Å². The van der Waals surface area contributed by atoms with Crippen LogP contribution in [0.15, 0.2) is 29.4 Å². The number of azide groups is 1. The molecule has 0 aliphatic heterocycles. The minimum Gasteiger partial charge on any atom is -0.381 e. The summed E-state index contributed by atoms with van der Waals surface area (Å²) < 4.78 is 5.41. The summed E-state index contributed by atoms with van der Waals surface area (Å²) in [4.78, 5) is 2.75. The fourth-order valence-electron chi connectivity index (χ4n) is 1.65. The molecule has 1 rings (SSSR count). The second kappa shape index (κ2) is 10.4. The van der Waals surface area contributed by atoms with Crippen LogP contribution in [0.2, 0.25) is 0 Å². The maximum atomic E-state index is 8.24. The molecule has 0 aliphatic carbocycles. The van der Waals surface area contributed by atoms with E-state index < -0.39 is 0 Å². The van der Waals surface area contributed by atoms with Crippen molar-refractivity contribution in [3.05, 3.63) is 45.8 Å². The molecular weight excluding hydrogens is 240 g/mol. The van der Waals surface area contributed by atoms with Crippen LogP contribution in [0.4, 0.5) is 0 Å². The van der Waals surface area contributed by atoms with Crippen LogP contribution in [0, 0.1) is 0 Å². The molecule has 0 saturated carbocycles. The Labute approximate surface area is 114 Å².